The summed E-state index contributed by atoms with van der Waals surface area (Å²) in [6.07, 6.45) is 2.52. The highest BCUT2D eigenvalue weighted by molar-refractivity contribution is 6.11. The molecule has 10 nitrogen and oxygen atoms in total. The van der Waals surface area contributed by atoms with Gasteiger partial charge in [-0.15, -0.1) is 0 Å². The lowest BCUT2D eigenvalue weighted by molar-refractivity contribution is 0.170. The molecule has 0 amide bonds. The van der Waals surface area contributed by atoms with Crippen LogP contribution in [0.3, 0.4) is 0 Å². The number of ether oxygens (including phenoxy) is 5. The minimum absolute atomic E-state index is 0.133. The van der Waals surface area contributed by atoms with Gasteiger partial charge in [0.15, 0.2) is 22.8 Å². The molecule has 34 heavy (non-hydrogen) atoms. The number of hydrogen-bond donors (Lipinski definition) is 2. The lowest BCUT2D eigenvalue weighted by atomic mass is 9.86. The highest BCUT2D eigenvalue weighted by Gasteiger charge is 2.36. The maximum atomic E-state index is 11.1. The second-order valence-electron chi connectivity index (χ2n) is 8.17. The molecule has 0 aliphatic carbocycles. The molecular formula is C24H26N2O8. The van der Waals surface area contributed by atoms with Gasteiger partial charge in [0.1, 0.15) is 5.75 Å². The zero-order valence-electron chi connectivity index (χ0n) is 19.4. The van der Waals surface area contributed by atoms with Gasteiger partial charge < -0.3 is 38.4 Å². The van der Waals surface area contributed by atoms with Crippen molar-refractivity contribution in [1.29, 1.82) is 0 Å². The standard InChI is InChI=1S/C24H26N2O8/c1-26-7-5-12-9-16-22(34-11-33-16)23(30-3)17(12)15(26)10-14(25-28)18-19(27)24(31-4)21-13(6-8-32-21)20(18)29-2/h6,8-9,15,27-28H,5,7,10-11H2,1-4H3/t15-/m1/s1. The van der Waals surface area contributed by atoms with Gasteiger partial charge in [-0.25, -0.2) is 0 Å². The SMILES string of the molecule is COc1c2c(cc3c1[C@@H](CC(=NO)c1c(O)c(OC)c4occc4c1OC)N(C)CC3)OCO2. The van der Waals surface area contributed by atoms with Gasteiger partial charge in [0.05, 0.1) is 44.3 Å². The van der Waals surface area contributed by atoms with Gasteiger partial charge >= 0.3 is 0 Å². The van der Waals surface area contributed by atoms with Crippen molar-refractivity contribution in [2.75, 3.05) is 41.7 Å². The van der Waals surface area contributed by atoms with E-state index in [0.29, 0.717) is 34.0 Å². The van der Waals surface area contributed by atoms with E-state index in [1.807, 2.05) is 13.1 Å². The third-order valence-electron chi connectivity index (χ3n) is 6.55. The molecule has 0 saturated carbocycles. The van der Waals surface area contributed by atoms with Crippen molar-refractivity contribution in [3.05, 3.63) is 35.1 Å². The van der Waals surface area contributed by atoms with E-state index >= 15 is 0 Å². The predicted molar refractivity (Wildman–Crippen MR) is 122 cm³/mol. The molecule has 0 unspecified atom stereocenters. The predicted octanol–water partition coefficient (Wildman–Crippen LogP) is 3.69. The largest absolute Gasteiger partial charge is 0.504 e. The van der Waals surface area contributed by atoms with Gasteiger partial charge in [0, 0.05) is 24.6 Å². The summed E-state index contributed by atoms with van der Waals surface area (Å²) in [5, 5.41) is 25.4. The molecule has 1 aromatic heterocycles. The first kappa shape index (κ1) is 22.0. The Morgan fingerprint density at radius 2 is 1.91 bits per heavy atom. The molecule has 0 saturated heterocycles. The number of methoxy groups -OCH3 is 3. The Hall–Kier alpha value is -3.79. The van der Waals surface area contributed by atoms with Gasteiger partial charge in [-0.1, -0.05) is 5.16 Å². The van der Waals surface area contributed by atoms with Crippen molar-refractivity contribution in [3.8, 4) is 34.5 Å². The van der Waals surface area contributed by atoms with Crippen LogP contribution in [0.2, 0.25) is 0 Å². The molecular weight excluding hydrogens is 444 g/mol. The van der Waals surface area contributed by atoms with Gasteiger partial charge in [-0.05, 0) is 31.2 Å². The quantitative estimate of drug-likeness (QED) is 0.316. The van der Waals surface area contributed by atoms with Crippen molar-refractivity contribution >= 4 is 16.7 Å². The molecule has 0 bridgehead atoms. The van der Waals surface area contributed by atoms with Crippen LogP contribution in [-0.2, 0) is 6.42 Å². The molecule has 180 valence electrons. The molecule has 10 heteroatoms. The van der Waals surface area contributed by atoms with E-state index in [-0.39, 0.29) is 42.0 Å². The van der Waals surface area contributed by atoms with Crippen molar-refractivity contribution in [2.24, 2.45) is 5.16 Å². The van der Waals surface area contributed by atoms with E-state index in [2.05, 4.69) is 10.1 Å². The van der Waals surface area contributed by atoms with Crippen LogP contribution in [0.1, 0.15) is 29.2 Å². The smallest absolute Gasteiger partial charge is 0.231 e. The zero-order valence-corrected chi connectivity index (χ0v) is 19.4. The molecule has 5 rings (SSSR count). The number of nitrogens with zero attached hydrogens (tertiary/aromatic N) is 2. The summed E-state index contributed by atoms with van der Waals surface area (Å²) in [5.74, 6) is 2.04. The fraction of sp³-hybridized carbons (Fsp3) is 0.375. The summed E-state index contributed by atoms with van der Waals surface area (Å²) >= 11 is 0. The summed E-state index contributed by atoms with van der Waals surface area (Å²) < 4.78 is 33.6. The highest BCUT2D eigenvalue weighted by Crippen LogP contribution is 2.51. The highest BCUT2D eigenvalue weighted by atomic mass is 16.7. The first-order valence-corrected chi connectivity index (χ1v) is 10.8. The minimum atomic E-state index is -0.241. The summed E-state index contributed by atoms with van der Waals surface area (Å²) in [7, 11) is 6.50. The number of furan rings is 1. The van der Waals surface area contributed by atoms with Crippen LogP contribution in [0, 0.1) is 0 Å². The van der Waals surface area contributed by atoms with Gasteiger partial charge in [0.2, 0.25) is 18.3 Å². The Morgan fingerprint density at radius 3 is 2.62 bits per heavy atom. The van der Waals surface area contributed by atoms with Crippen LogP contribution in [0.5, 0.6) is 34.5 Å². The molecule has 2 aliphatic rings. The fourth-order valence-electron chi connectivity index (χ4n) is 4.96. The van der Waals surface area contributed by atoms with Crippen molar-refractivity contribution in [2.45, 2.75) is 18.9 Å². The summed E-state index contributed by atoms with van der Waals surface area (Å²) in [4.78, 5) is 2.15. The van der Waals surface area contributed by atoms with Gasteiger partial charge in [0.25, 0.3) is 0 Å². The number of rotatable bonds is 6. The second kappa shape index (κ2) is 8.53. The Morgan fingerprint density at radius 1 is 1.15 bits per heavy atom. The number of fused-ring (bicyclic) bond motifs is 3. The molecule has 0 spiro atoms. The Balaban J connectivity index is 1.65. The average molecular weight is 470 g/mol. The van der Waals surface area contributed by atoms with E-state index in [9.17, 15) is 10.3 Å². The Bertz CT molecular complexity index is 1280. The lowest BCUT2D eigenvalue weighted by Gasteiger charge is -2.36. The molecule has 3 heterocycles. The normalized spacial score (nSPS) is 17.6. The van der Waals surface area contributed by atoms with E-state index in [0.717, 1.165) is 24.1 Å². The molecule has 3 aromatic rings. The van der Waals surface area contributed by atoms with Crippen LogP contribution >= 0.6 is 0 Å². The number of benzene rings is 2. The lowest BCUT2D eigenvalue weighted by Crippen LogP contribution is -2.34. The maximum Gasteiger partial charge on any atom is 0.231 e. The van der Waals surface area contributed by atoms with Crippen molar-refractivity contribution < 1.29 is 38.4 Å². The molecule has 2 N–H and O–H groups in total. The van der Waals surface area contributed by atoms with Crippen molar-refractivity contribution in [1.82, 2.24) is 4.90 Å². The third-order valence-corrected chi connectivity index (χ3v) is 6.55. The van der Waals surface area contributed by atoms with Crippen LogP contribution in [0.4, 0.5) is 0 Å². The number of oxime groups is 1. The first-order valence-electron chi connectivity index (χ1n) is 10.8. The van der Waals surface area contributed by atoms with Crippen LogP contribution in [0.15, 0.2) is 28.0 Å². The van der Waals surface area contributed by atoms with Gasteiger partial charge in [-0.3, -0.25) is 4.90 Å². The van der Waals surface area contributed by atoms with Crippen LogP contribution in [0.25, 0.3) is 11.0 Å². The van der Waals surface area contributed by atoms with E-state index in [4.69, 9.17) is 28.1 Å². The number of phenolic OH excluding ortho intramolecular Hbond substituents is 1. The summed E-state index contributed by atoms with van der Waals surface area (Å²) in [6, 6.07) is 3.45. The van der Waals surface area contributed by atoms with E-state index in [1.54, 1.807) is 13.2 Å². The Kier molecular flexibility index (Phi) is 5.52. The maximum absolute atomic E-state index is 11.1. The zero-order chi connectivity index (χ0) is 24.0. The minimum Gasteiger partial charge on any atom is -0.504 e. The van der Waals surface area contributed by atoms with E-state index < -0.39 is 0 Å². The average Bonchev–Trinajstić information content (AvgIpc) is 3.51. The molecule has 1 atom stereocenters. The fourth-order valence-corrected chi connectivity index (χ4v) is 4.96. The summed E-state index contributed by atoms with van der Waals surface area (Å²) in [6.45, 7) is 0.903. The summed E-state index contributed by atoms with van der Waals surface area (Å²) in [5.41, 5.74) is 2.79. The van der Waals surface area contributed by atoms with Gasteiger partial charge in [-0.2, -0.15) is 0 Å². The molecule has 0 fully saturated rings. The monoisotopic (exact) mass is 470 g/mol. The number of likely N-dealkylation sites (N-methyl/N-ethyl adjacent to an activating group) is 1. The number of aromatic hydroxyl groups is 1. The third kappa shape index (κ3) is 3.17. The van der Waals surface area contributed by atoms with E-state index in [1.165, 1.54) is 20.5 Å². The topological polar surface area (TPSA) is 115 Å². The molecule has 0 radical (unpaired) electrons. The number of hydrogen-bond acceptors (Lipinski definition) is 10. The van der Waals surface area contributed by atoms with Crippen LogP contribution < -0.4 is 23.7 Å². The van der Waals surface area contributed by atoms with Crippen molar-refractivity contribution in [3.63, 3.8) is 0 Å². The number of phenols is 1. The first-order chi connectivity index (χ1) is 16.5. The molecule has 2 aliphatic heterocycles. The second-order valence-corrected chi connectivity index (χ2v) is 8.17. The van der Waals surface area contributed by atoms with Crippen LogP contribution in [-0.4, -0.2) is 62.6 Å². The molecule has 2 aromatic carbocycles. The Labute approximate surface area is 195 Å².